The summed E-state index contributed by atoms with van der Waals surface area (Å²) in [6.07, 6.45) is 3.80. The van der Waals surface area contributed by atoms with E-state index in [9.17, 15) is 0 Å². The van der Waals surface area contributed by atoms with E-state index >= 15 is 0 Å². The van der Waals surface area contributed by atoms with Crippen molar-refractivity contribution in [3.63, 3.8) is 0 Å². The summed E-state index contributed by atoms with van der Waals surface area (Å²) in [5.41, 5.74) is 21.9. The fraction of sp³-hybridized carbons (Fsp3) is 0.474. The predicted molar refractivity (Wildman–Crippen MR) is 101 cm³/mol. The molecule has 2 aliphatic rings. The van der Waals surface area contributed by atoms with Crippen LogP contribution in [0.25, 0.3) is 5.70 Å². The predicted octanol–water partition coefficient (Wildman–Crippen LogP) is 0.836. The van der Waals surface area contributed by atoms with Crippen molar-refractivity contribution >= 4 is 5.70 Å². The maximum absolute atomic E-state index is 6.33. The van der Waals surface area contributed by atoms with Gasteiger partial charge in [0.25, 0.3) is 0 Å². The number of aryl methyl sites for hydroxylation is 1. The van der Waals surface area contributed by atoms with Crippen LogP contribution in [-0.2, 0) is 4.74 Å². The van der Waals surface area contributed by atoms with E-state index in [1.165, 1.54) is 0 Å². The second kappa shape index (κ2) is 7.37. The monoisotopic (exact) mass is 343 g/mol. The molecular weight excluding hydrogens is 314 g/mol. The summed E-state index contributed by atoms with van der Waals surface area (Å²) < 4.78 is 6.05. The lowest BCUT2D eigenvalue weighted by Gasteiger charge is -2.45. The zero-order chi connectivity index (χ0) is 17.9. The highest BCUT2D eigenvalue weighted by atomic mass is 16.5. The van der Waals surface area contributed by atoms with E-state index < -0.39 is 0 Å². The third-order valence-corrected chi connectivity index (χ3v) is 5.19. The van der Waals surface area contributed by atoms with Gasteiger partial charge < -0.3 is 32.2 Å². The van der Waals surface area contributed by atoms with Gasteiger partial charge >= 0.3 is 0 Å². The number of allylic oxidation sites excluding steroid dienone is 1. The molecule has 0 aliphatic carbocycles. The summed E-state index contributed by atoms with van der Waals surface area (Å²) >= 11 is 0. The number of nitrogens with zero attached hydrogens (tertiary/aromatic N) is 1. The molecule has 7 N–H and O–H groups in total. The Hall–Kier alpha value is -2.18. The summed E-state index contributed by atoms with van der Waals surface area (Å²) in [7, 11) is 0. The standard InChI is InChI=1S/C19H29N5O/c1-14-4-2-3-5-15(14)16(20)12-17(18(21)22)24-9-6-19(7-10-24)13-23-8-11-25-19/h2-5,12,23H,6-11,13,20-22H2,1H3/b16-12-. The van der Waals surface area contributed by atoms with Crippen molar-refractivity contribution in [1.82, 2.24) is 10.2 Å². The topological polar surface area (TPSA) is 103 Å². The van der Waals surface area contributed by atoms with E-state index in [4.69, 9.17) is 21.9 Å². The Balaban J connectivity index is 1.76. The van der Waals surface area contributed by atoms with E-state index in [0.29, 0.717) is 11.5 Å². The Kier molecular flexibility index (Phi) is 5.20. The van der Waals surface area contributed by atoms with Crippen molar-refractivity contribution in [3.8, 4) is 0 Å². The minimum atomic E-state index is -0.0471. The van der Waals surface area contributed by atoms with Crippen molar-refractivity contribution in [1.29, 1.82) is 0 Å². The average molecular weight is 343 g/mol. The molecule has 136 valence electrons. The summed E-state index contributed by atoms with van der Waals surface area (Å²) in [6, 6.07) is 8.04. The normalized spacial score (nSPS) is 20.5. The van der Waals surface area contributed by atoms with Crippen molar-refractivity contribution in [2.75, 3.05) is 32.8 Å². The lowest BCUT2D eigenvalue weighted by Crippen LogP contribution is -2.55. The van der Waals surface area contributed by atoms with Crippen LogP contribution in [-0.4, -0.2) is 43.3 Å². The fourth-order valence-corrected chi connectivity index (χ4v) is 3.66. The molecule has 2 fully saturated rings. The molecule has 6 nitrogen and oxygen atoms in total. The van der Waals surface area contributed by atoms with Gasteiger partial charge in [-0.1, -0.05) is 24.3 Å². The fourth-order valence-electron chi connectivity index (χ4n) is 3.66. The minimum Gasteiger partial charge on any atom is -0.398 e. The molecule has 6 heteroatoms. The van der Waals surface area contributed by atoms with Gasteiger partial charge in [0.05, 0.1) is 17.9 Å². The Labute approximate surface area is 149 Å². The molecule has 0 radical (unpaired) electrons. The van der Waals surface area contributed by atoms with E-state index in [-0.39, 0.29) is 5.60 Å². The molecule has 3 rings (SSSR count). The number of piperidine rings is 1. The summed E-state index contributed by atoms with van der Waals surface area (Å²) in [6.45, 7) is 6.38. The molecule has 2 heterocycles. The van der Waals surface area contributed by atoms with Crippen molar-refractivity contribution in [3.05, 3.63) is 53.0 Å². The summed E-state index contributed by atoms with van der Waals surface area (Å²) in [4.78, 5) is 2.21. The summed E-state index contributed by atoms with van der Waals surface area (Å²) in [5, 5.41) is 3.44. The quantitative estimate of drug-likeness (QED) is 0.607. The maximum atomic E-state index is 6.33. The molecule has 0 saturated carbocycles. The van der Waals surface area contributed by atoms with Crippen LogP contribution >= 0.6 is 0 Å². The van der Waals surface area contributed by atoms with Crippen molar-refractivity contribution < 1.29 is 4.74 Å². The first-order valence-corrected chi connectivity index (χ1v) is 8.89. The first kappa shape index (κ1) is 17.6. The first-order valence-electron chi connectivity index (χ1n) is 8.89. The highest BCUT2D eigenvalue weighted by molar-refractivity contribution is 5.67. The molecule has 2 saturated heterocycles. The van der Waals surface area contributed by atoms with Gasteiger partial charge in [-0.25, -0.2) is 0 Å². The average Bonchev–Trinajstić information content (AvgIpc) is 2.61. The Morgan fingerprint density at radius 3 is 2.52 bits per heavy atom. The molecule has 0 atom stereocenters. The number of nitrogens with two attached hydrogens (primary N) is 3. The van der Waals surface area contributed by atoms with Gasteiger partial charge in [-0.2, -0.15) is 0 Å². The molecule has 2 aliphatic heterocycles. The van der Waals surface area contributed by atoms with Crippen LogP contribution in [0.1, 0.15) is 24.0 Å². The second-order valence-electron chi connectivity index (χ2n) is 6.95. The Morgan fingerprint density at radius 2 is 1.92 bits per heavy atom. The third kappa shape index (κ3) is 3.91. The number of hydrogen-bond acceptors (Lipinski definition) is 6. The highest BCUT2D eigenvalue weighted by Gasteiger charge is 2.37. The molecule has 0 amide bonds. The highest BCUT2D eigenvalue weighted by Crippen LogP contribution is 2.30. The largest absolute Gasteiger partial charge is 0.398 e. The maximum Gasteiger partial charge on any atom is 0.118 e. The number of hydrogen-bond donors (Lipinski definition) is 4. The van der Waals surface area contributed by atoms with Crippen LogP contribution in [0.4, 0.5) is 0 Å². The van der Waals surface area contributed by atoms with Gasteiger partial charge in [-0.3, -0.25) is 0 Å². The van der Waals surface area contributed by atoms with E-state index in [0.717, 1.165) is 62.5 Å². The van der Waals surface area contributed by atoms with Crippen LogP contribution in [0.3, 0.4) is 0 Å². The lowest BCUT2D eigenvalue weighted by molar-refractivity contribution is -0.0958. The van der Waals surface area contributed by atoms with E-state index in [1.54, 1.807) is 0 Å². The van der Waals surface area contributed by atoms with Crippen molar-refractivity contribution in [2.45, 2.75) is 25.4 Å². The molecule has 25 heavy (non-hydrogen) atoms. The van der Waals surface area contributed by atoms with Crippen LogP contribution in [0.5, 0.6) is 0 Å². The molecular formula is C19H29N5O. The SMILES string of the molecule is Cc1ccccc1/C(N)=C/C(=C(N)N)N1CCC2(CC1)CNCCO2. The third-order valence-electron chi connectivity index (χ3n) is 5.19. The van der Waals surface area contributed by atoms with Gasteiger partial charge in [0.2, 0.25) is 0 Å². The first-order chi connectivity index (χ1) is 12.0. The lowest BCUT2D eigenvalue weighted by atomic mass is 9.89. The number of likely N-dealkylation sites (tertiary alicyclic amines) is 1. The second-order valence-corrected chi connectivity index (χ2v) is 6.95. The number of morpholine rings is 1. The number of rotatable bonds is 3. The van der Waals surface area contributed by atoms with Gasteiger partial charge in [-0.15, -0.1) is 0 Å². The van der Waals surface area contributed by atoms with Crippen LogP contribution in [0.2, 0.25) is 0 Å². The van der Waals surface area contributed by atoms with Gasteiger partial charge in [0, 0.05) is 37.4 Å². The van der Waals surface area contributed by atoms with Gasteiger partial charge in [0.15, 0.2) is 0 Å². The van der Waals surface area contributed by atoms with Crippen LogP contribution in [0, 0.1) is 6.92 Å². The minimum absolute atomic E-state index is 0.0471. The molecule has 0 unspecified atom stereocenters. The molecule has 1 aromatic carbocycles. The van der Waals surface area contributed by atoms with Crippen molar-refractivity contribution in [2.24, 2.45) is 17.2 Å². The van der Waals surface area contributed by atoms with Crippen LogP contribution < -0.4 is 22.5 Å². The van der Waals surface area contributed by atoms with E-state index in [2.05, 4.69) is 10.2 Å². The van der Waals surface area contributed by atoms with Gasteiger partial charge in [0.1, 0.15) is 5.82 Å². The summed E-state index contributed by atoms with van der Waals surface area (Å²) in [5.74, 6) is 0.301. The molecule has 0 aromatic heterocycles. The van der Waals surface area contributed by atoms with E-state index in [1.807, 2.05) is 37.3 Å². The Morgan fingerprint density at radius 1 is 1.20 bits per heavy atom. The molecule has 1 aromatic rings. The Bertz CT molecular complexity index is 662. The molecule has 1 spiro atoms. The smallest absolute Gasteiger partial charge is 0.118 e. The molecule has 0 bridgehead atoms. The number of nitrogens with one attached hydrogen (secondary N) is 1. The van der Waals surface area contributed by atoms with Gasteiger partial charge in [-0.05, 0) is 31.4 Å². The zero-order valence-corrected chi connectivity index (χ0v) is 14.9. The number of ether oxygens (including phenoxy) is 1. The zero-order valence-electron chi connectivity index (χ0n) is 14.9. The van der Waals surface area contributed by atoms with Crippen LogP contribution in [0.15, 0.2) is 41.9 Å². The number of benzene rings is 1.